The standard InChI is InChI=1S/C19H20O2/c1-4-17-14(3)8-10-16-13-15(9-11-18(16)17)7-6-12-21-19(20)5-2/h4-5,8-11,13H,1-2,6-7,12H2,3H3. The van der Waals surface area contributed by atoms with E-state index in [1.165, 1.54) is 33.5 Å². The van der Waals surface area contributed by atoms with Gasteiger partial charge in [0.2, 0.25) is 0 Å². The van der Waals surface area contributed by atoms with E-state index in [9.17, 15) is 4.79 Å². The van der Waals surface area contributed by atoms with Crippen LogP contribution in [0.5, 0.6) is 0 Å². The number of aryl methyl sites for hydroxylation is 2. The monoisotopic (exact) mass is 280 g/mol. The molecule has 2 rings (SSSR count). The Morgan fingerprint density at radius 1 is 1.24 bits per heavy atom. The minimum absolute atomic E-state index is 0.361. The molecule has 0 bridgehead atoms. The SMILES string of the molecule is C=CC(=O)OCCCc1ccc2c(C=C)c(C)ccc2c1. The fourth-order valence-corrected chi connectivity index (χ4v) is 2.45. The molecule has 21 heavy (non-hydrogen) atoms. The first-order valence-electron chi connectivity index (χ1n) is 7.09. The van der Waals surface area contributed by atoms with Crippen molar-refractivity contribution < 1.29 is 9.53 Å². The molecule has 0 fully saturated rings. The predicted molar refractivity (Wildman–Crippen MR) is 88.3 cm³/mol. The van der Waals surface area contributed by atoms with E-state index in [1.807, 2.05) is 6.08 Å². The average molecular weight is 280 g/mol. The van der Waals surface area contributed by atoms with Gasteiger partial charge in [0.25, 0.3) is 0 Å². The second kappa shape index (κ2) is 6.89. The predicted octanol–water partition coefficient (Wildman–Crippen LogP) is 4.45. The van der Waals surface area contributed by atoms with Gasteiger partial charge < -0.3 is 4.74 Å². The first kappa shape index (κ1) is 15.0. The third kappa shape index (κ3) is 3.60. The van der Waals surface area contributed by atoms with E-state index in [4.69, 9.17) is 4.74 Å². The van der Waals surface area contributed by atoms with E-state index in [2.05, 4.69) is 50.4 Å². The zero-order valence-corrected chi connectivity index (χ0v) is 12.4. The van der Waals surface area contributed by atoms with Crippen molar-refractivity contribution in [2.45, 2.75) is 19.8 Å². The van der Waals surface area contributed by atoms with Crippen LogP contribution in [0.15, 0.2) is 49.6 Å². The Hall–Kier alpha value is -2.35. The van der Waals surface area contributed by atoms with Crippen LogP contribution < -0.4 is 0 Å². The average Bonchev–Trinajstić information content (AvgIpc) is 2.51. The molecule has 0 radical (unpaired) electrons. The number of esters is 1. The van der Waals surface area contributed by atoms with Crippen molar-refractivity contribution in [3.63, 3.8) is 0 Å². The summed E-state index contributed by atoms with van der Waals surface area (Å²) in [6.07, 6.45) is 4.80. The van der Waals surface area contributed by atoms with Gasteiger partial charge >= 0.3 is 5.97 Å². The number of benzene rings is 2. The smallest absolute Gasteiger partial charge is 0.330 e. The molecule has 0 aliphatic rings. The van der Waals surface area contributed by atoms with E-state index in [0.29, 0.717) is 6.61 Å². The van der Waals surface area contributed by atoms with Crippen LogP contribution in [-0.4, -0.2) is 12.6 Å². The van der Waals surface area contributed by atoms with Gasteiger partial charge in [-0.25, -0.2) is 4.79 Å². The van der Waals surface area contributed by atoms with Crippen molar-refractivity contribution in [3.05, 3.63) is 66.3 Å². The lowest BCUT2D eigenvalue weighted by Gasteiger charge is -2.09. The maximum absolute atomic E-state index is 11.0. The number of fused-ring (bicyclic) bond motifs is 1. The summed E-state index contributed by atoms with van der Waals surface area (Å²) < 4.78 is 4.98. The number of hydrogen-bond donors (Lipinski definition) is 0. The van der Waals surface area contributed by atoms with Crippen molar-refractivity contribution >= 4 is 22.8 Å². The van der Waals surface area contributed by atoms with Gasteiger partial charge in [-0.3, -0.25) is 0 Å². The molecule has 2 aromatic rings. The summed E-state index contributed by atoms with van der Waals surface area (Å²) in [5, 5.41) is 2.45. The first-order valence-corrected chi connectivity index (χ1v) is 7.09. The zero-order chi connectivity index (χ0) is 15.2. The Kier molecular flexibility index (Phi) is 4.94. The molecule has 0 aliphatic heterocycles. The van der Waals surface area contributed by atoms with Gasteiger partial charge in [0, 0.05) is 6.08 Å². The zero-order valence-electron chi connectivity index (χ0n) is 12.4. The van der Waals surface area contributed by atoms with Crippen molar-refractivity contribution in [1.82, 2.24) is 0 Å². The van der Waals surface area contributed by atoms with Crippen LogP contribution in [0.1, 0.15) is 23.1 Å². The van der Waals surface area contributed by atoms with Crippen LogP contribution in [-0.2, 0) is 16.0 Å². The molecule has 0 aliphatic carbocycles. The quantitative estimate of drug-likeness (QED) is 0.444. The molecule has 108 valence electrons. The molecule has 0 saturated heterocycles. The van der Waals surface area contributed by atoms with E-state index >= 15 is 0 Å². The Labute approximate surface area is 125 Å². The third-order valence-electron chi connectivity index (χ3n) is 3.57. The van der Waals surface area contributed by atoms with Crippen LogP contribution in [0.3, 0.4) is 0 Å². The Bertz CT molecular complexity index is 683. The minimum atomic E-state index is -0.361. The molecule has 2 nitrogen and oxygen atoms in total. The van der Waals surface area contributed by atoms with Gasteiger partial charge in [-0.1, -0.05) is 49.6 Å². The van der Waals surface area contributed by atoms with Crippen LogP contribution in [0.2, 0.25) is 0 Å². The number of ether oxygens (including phenoxy) is 1. The molecule has 2 aromatic carbocycles. The summed E-state index contributed by atoms with van der Waals surface area (Å²) in [5.74, 6) is -0.361. The summed E-state index contributed by atoms with van der Waals surface area (Å²) >= 11 is 0. The van der Waals surface area contributed by atoms with Gasteiger partial charge in [0.1, 0.15) is 0 Å². The van der Waals surface area contributed by atoms with E-state index in [1.54, 1.807) is 0 Å². The molecule has 0 aromatic heterocycles. The van der Waals surface area contributed by atoms with E-state index in [0.717, 1.165) is 12.8 Å². The van der Waals surface area contributed by atoms with Crippen molar-refractivity contribution in [2.24, 2.45) is 0 Å². The second-order valence-electron chi connectivity index (χ2n) is 5.03. The normalized spacial score (nSPS) is 10.3. The molecule has 0 saturated carbocycles. The van der Waals surface area contributed by atoms with Gasteiger partial charge in [-0.15, -0.1) is 0 Å². The number of carbonyl (C=O) groups excluding carboxylic acids is 1. The fourth-order valence-electron chi connectivity index (χ4n) is 2.45. The topological polar surface area (TPSA) is 26.3 Å². The first-order chi connectivity index (χ1) is 10.2. The molecule has 0 N–H and O–H groups in total. The maximum atomic E-state index is 11.0. The van der Waals surface area contributed by atoms with Crippen LogP contribution >= 0.6 is 0 Å². The second-order valence-corrected chi connectivity index (χ2v) is 5.03. The summed E-state index contributed by atoms with van der Waals surface area (Å²) in [7, 11) is 0. The summed E-state index contributed by atoms with van der Waals surface area (Å²) in [6.45, 7) is 9.79. The molecular weight excluding hydrogens is 260 g/mol. The van der Waals surface area contributed by atoms with E-state index in [-0.39, 0.29) is 5.97 Å². The Morgan fingerprint density at radius 3 is 2.76 bits per heavy atom. The molecular formula is C19H20O2. The van der Waals surface area contributed by atoms with Gasteiger partial charge in [0.15, 0.2) is 0 Å². The summed E-state index contributed by atoms with van der Waals surface area (Å²) in [5.41, 5.74) is 3.68. The molecule has 0 amide bonds. The lowest BCUT2D eigenvalue weighted by molar-refractivity contribution is -0.137. The summed E-state index contributed by atoms with van der Waals surface area (Å²) in [4.78, 5) is 11.0. The lowest BCUT2D eigenvalue weighted by Crippen LogP contribution is -2.02. The van der Waals surface area contributed by atoms with Crippen molar-refractivity contribution in [2.75, 3.05) is 6.61 Å². The molecule has 0 heterocycles. The Balaban J connectivity index is 2.09. The largest absolute Gasteiger partial charge is 0.463 e. The fraction of sp³-hybridized carbons (Fsp3) is 0.211. The van der Waals surface area contributed by atoms with Crippen molar-refractivity contribution in [1.29, 1.82) is 0 Å². The van der Waals surface area contributed by atoms with Crippen molar-refractivity contribution in [3.8, 4) is 0 Å². The highest BCUT2D eigenvalue weighted by atomic mass is 16.5. The highest BCUT2D eigenvalue weighted by Crippen LogP contribution is 2.24. The molecule has 0 unspecified atom stereocenters. The minimum Gasteiger partial charge on any atom is -0.463 e. The van der Waals surface area contributed by atoms with Crippen LogP contribution in [0.25, 0.3) is 16.8 Å². The van der Waals surface area contributed by atoms with Crippen LogP contribution in [0, 0.1) is 6.92 Å². The summed E-state index contributed by atoms with van der Waals surface area (Å²) in [6, 6.07) is 10.7. The maximum Gasteiger partial charge on any atom is 0.330 e. The van der Waals surface area contributed by atoms with Gasteiger partial charge in [0.05, 0.1) is 6.61 Å². The number of rotatable bonds is 6. The highest BCUT2D eigenvalue weighted by Gasteiger charge is 2.03. The molecule has 0 atom stereocenters. The van der Waals surface area contributed by atoms with E-state index < -0.39 is 0 Å². The lowest BCUT2D eigenvalue weighted by atomic mass is 9.97. The Morgan fingerprint density at radius 2 is 2.05 bits per heavy atom. The third-order valence-corrected chi connectivity index (χ3v) is 3.57. The van der Waals surface area contributed by atoms with Gasteiger partial charge in [-0.2, -0.15) is 0 Å². The molecule has 2 heteroatoms. The molecule has 0 spiro atoms. The van der Waals surface area contributed by atoms with Gasteiger partial charge in [-0.05, 0) is 47.2 Å². The number of hydrogen-bond acceptors (Lipinski definition) is 2. The number of carbonyl (C=O) groups is 1. The van der Waals surface area contributed by atoms with Crippen LogP contribution in [0.4, 0.5) is 0 Å². The highest BCUT2D eigenvalue weighted by molar-refractivity contribution is 5.92.